The lowest BCUT2D eigenvalue weighted by atomic mass is 10.1. The van der Waals surface area contributed by atoms with Crippen LogP contribution < -0.4 is 10.2 Å². The van der Waals surface area contributed by atoms with Crippen molar-refractivity contribution < 1.29 is 9.53 Å². The zero-order chi connectivity index (χ0) is 19.2. The quantitative estimate of drug-likeness (QED) is 0.495. The summed E-state index contributed by atoms with van der Waals surface area (Å²) in [6.07, 6.45) is 1.50. The summed E-state index contributed by atoms with van der Waals surface area (Å²) in [5, 5.41) is 11.6. The minimum Gasteiger partial charge on any atom is -0.494 e. The van der Waals surface area contributed by atoms with Crippen molar-refractivity contribution in [1.29, 1.82) is 0 Å². The van der Waals surface area contributed by atoms with Crippen LogP contribution in [0.25, 0.3) is 11.3 Å². The molecule has 2 aromatic carbocycles. The van der Waals surface area contributed by atoms with Gasteiger partial charge in [0.05, 0.1) is 18.5 Å². The molecule has 0 radical (unpaired) electrons. The van der Waals surface area contributed by atoms with E-state index >= 15 is 0 Å². The zero-order valence-corrected chi connectivity index (χ0v) is 15.7. The molecule has 6 nitrogen and oxygen atoms in total. The molecule has 27 heavy (non-hydrogen) atoms. The second kappa shape index (κ2) is 8.51. The number of aromatic amines is 1. The molecule has 0 fully saturated rings. The van der Waals surface area contributed by atoms with E-state index in [1.54, 1.807) is 6.07 Å². The Morgan fingerprint density at radius 3 is 2.70 bits per heavy atom. The third-order valence-corrected chi connectivity index (χ3v) is 4.29. The summed E-state index contributed by atoms with van der Waals surface area (Å²) in [5.74, 6) is 0.418. The van der Waals surface area contributed by atoms with Crippen molar-refractivity contribution in [2.24, 2.45) is 5.10 Å². The molecule has 0 unspecified atom stereocenters. The number of benzene rings is 2. The van der Waals surface area contributed by atoms with Gasteiger partial charge in [-0.25, -0.2) is 5.43 Å². The number of aromatic nitrogens is 2. The Morgan fingerprint density at radius 2 is 2.00 bits per heavy atom. The number of nitrogens with zero attached hydrogens (tertiary/aromatic N) is 2. The first-order valence-electron chi connectivity index (χ1n) is 8.46. The molecule has 138 valence electrons. The second-order valence-electron chi connectivity index (χ2n) is 5.75. The topological polar surface area (TPSA) is 79.4 Å². The predicted octanol–water partition coefficient (Wildman–Crippen LogP) is 4.20. The minimum absolute atomic E-state index is 0.357. The van der Waals surface area contributed by atoms with Crippen LogP contribution in [-0.4, -0.2) is 28.9 Å². The zero-order valence-electron chi connectivity index (χ0n) is 15.0. The number of hydrogen-bond acceptors (Lipinski definition) is 4. The molecule has 0 spiro atoms. The first-order chi connectivity index (χ1) is 13.1. The van der Waals surface area contributed by atoms with Crippen molar-refractivity contribution in [2.45, 2.75) is 13.8 Å². The molecule has 0 atom stereocenters. The molecule has 2 N–H and O–H groups in total. The van der Waals surface area contributed by atoms with Crippen LogP contribution in [0.3, 0.4) is 0 Å². The van der Waals surface area contributed by atoms with Gasteiger partial charge in [-0.15, -0.1) is 0 Å². The third kappa shape index (κ3) is 4.35. The van der Waals surface area contributed by atoms with Crippen LogP contribution in [-0.2, 0) is 0 Å². The number of carbonyl (C=O) groups excluding carboxylic acids is 1. The molecule has 0 bridgehead atoms. The minimum atomic E-state index is -0.375. The van der Waals surface area contributed by atoms with Crippen LogP contribution >= 0.6 is 11.6 Å². The van der Waals surface area contributed by atoms with E-state index in [2.05, 4.69) is 20.7 Å². The van der Waals surface area contributed by atoms with Gasteiger partial charge in [0, 0.05) is 21.7 Å². The van der Waals surface area contributed by atoms with E-state index in [0.29, 0.717) is 23.0 Å². The molecule has 0 aliphatic carbocycles. The first kappa shape index (κ1) is 18.7. The maximum absolute atomic E-state index is 12.4. The van der Waals surface area contributed by atoms with Gasteiger partial charge in [-0.3, -0.25) is 9.89 Å². The highest BCUT2D eigenvalue weighted by Gasteiger charge is 2.16. The van der Waals surface area contributed by atoms with Gasteiger partial charge in [-0.05, 0) is 44.2 Å². The maximum Gasteiger partial charge on any atom is 0.289 e. The molecule has 1 amide bonds. The molecule has 0 saturated heterocycles. The van der Waals surface area contributed by atoms with Gasteiger partial charge in [0.15, 0.2) is 0 Å². The van der Waals surface area contributed by atoms with E-state index in [4.69, 9.17) is 16.3 Å². The Morgan fingerprint density at radius 1 is 1.26 bits per heavy atom. The smallest absolute Gasteiger partial charge is 0.289 e. The summed E-state index contributed by atoms with van der Waals surface area (Å²) in [4.78, 5) is 12.4. The highest BCUT2D eigenvalue weighted by molar-refractivity contribution is 6.33. The van der Waals surface area contributed by atoms with Crippen LogP contribution in [0, 0.1) is 6.92 Å². The van der Waals surface area contributed by atoms with E-state index in [0.717, 1.165) is 22.4 Å². The van der Waals surface area contributed by atoms with Crippen molar-refractivity contribution in [1.82, 2.24) is 15.6 Å². The van der Waals surface area contributed by atoms with Gasteiger partial charge < -0.3 is 4.74 Å². The van der Waals surface area contributed by atoms with Gasteiger partial charge in [0.2, 0.25) is 0 Å². The van der Waals surface area contributed by atoms with Crippen molar-refractivity contribution in [3.05, 3.63) is 70.4 Å². The first-order valence-corrected chi connectivity index (χ1v) is 8.84. The van der Waals surface area contributed by atoms with E-state index in [1.807, 2.05) is 56.3 Å². The lowest BCUT2D eigenvalue weighted by Crippen LogP contribution is -2.19. The summed E-state index contributed by atoms with van der Waals surface area (Å²) in [6.45, 7) is 4.38. The normalized spacial score (nSPS) is 10.9. The molecule has 0 aliphatic heterocycles. The van der Waals surface area contributed by atoms with Gasteiger partial charge in [0.25, 0.3) is 5.91 Å². The number of amides is 1. The molecule has 7 heteroatoms. The number of nitrogens with one attached hydrogen (secondary N) is 2. The SMILES string of the molecule is CCOc1ccc(-c2n[nH]c(C(=O)N/N=C\c3ccccc3Cl)c2C)cc1. The fourth-order valence-corrected chi connectivity index (χ4v) is 2.76. The maximum atomic E-state index is 12.4. The van der Waals surface area contributed by atoms with Crippen molar-refractivity contribution in [3.63, 3.8) is 0 Å². The van der Waals surface area contributed by atoms with Crippen molar-refractivity contribution in [3.8, 4) is 17.0 Å². The van der Waals surface area contributed by atoms with Crippen molar-refractivity contribution >= 4 is 23.7 Å². The highest BCUT2D eigenvalue weighted by Crippen LogP contribution is 2.25. The average molecular weight is 383 g/mol. The lowest BCUT2D eigenvalue weighted by Gasteiger charge is -2.04. The molecular formula is C20H19ClN4O2. The van der Waals surface area contributed by atoms with E-state index in [9.17, 15) is 4.79 Å². The van der Waals surface area contributed by atoms with Crippen LogP contribution in [0.1, 0.15) is 28.5 Å². The summed E-state index contributed by atoms with van der Waals surface area (Å²) < 4.78 is 5.44. The Hall–Kier alpha value is -3.12. The summed E-state index contributed by atoms with van der Waals surface area (Å²) in [6, 6.07) is 14.8. The Balaban J connectivity index is 1.72. The molecule has 1 aromatic heterocycles. The number of rotatable bonds is 6. The number of H-pyrrole nitrogens is 1. The fourth-order valence-electron chi connectivity index (χ4n) is 2.57. The Labute approximate surface area is 162 Å². The van der Waals surface area contributed by atoms with E-state index in [-0.39, 0.29) is 5.91 Å². The number of carbonyl (C=O) groups is 1. The number of halogens is 1. The summed E-state index contributed by atoms with van der Waals surface area (Å²) in [5.41, 5.74) is 5.90. The molecular weight excluding hydrogens is 364 g/mol. The van der Waals surface area contributed by atoms with E-state index < -0.39 is 0 Å². The largest absolute Gasteiger partial charge is 0.494 e. The van der Waals surface area contributed by atoms with Gasteiger partial charge in [0.1, 0.15) is 11.4 Å². The number of ether oxygens (including phenoxy) is 1. The third-order valence-electron chi connectivity index (χ3n) is 3.95. The van der Waals surface area contributed by atoms with Gasteiger partial charge >= 0.3 is 0 Å². The number of hydrazone groups is 1. The highest BCUT2D eigenvalue weighted by atomic mass is 35.5. The van der Waals surface area contributed by atoms with E-state index in [1.165, 1.54) is 6.21 Å². The van der Waals surface area contributed by atoms with Crippen LogP contribution in [0.15, 0.2) is 53.6 Å². The molecule has 3 aromatic rings. The summed E-state index contributed by atoms with van der Waals surface area (Å²) >= 11 is 6.05. The monoisotopic (exact) mass is 382 g/mol. The fraction of sp³-hybridized carbons (Fsp3) is 0.150. The van der Waals surface area contributed by atoms with Crippen LogP contribution in [0.5, 0.6) is 5.75 Å². The van der Waals surface area contributed by atoms with Gasteiger partial charge in [-0.1, -0.05) is 29.8 Å². The standard InChI is InChI=1S/C20H19ClN4O2/c1-3-27-16-10-8-14(9-11-16)18-13(2)19(24-23-18)20(26)25-22-12-15-6-4-5-7-17(15)21/h4-12H,3H2,1-2H3,(H,23,24)(H,25,26)/b22-12-. The molecule has 0 aliphatic rings. The molecule has 3 rings (SSSR count). The average Bonchev–Trinajstić information content (AvgIpc) is 3.06. The second-order valence-corrected chi connectivity index (χ2v) is 6.16. The van der Waals surface area contributed by atoms with Crippen LogP contribution in [0.2, 0.25) is 5.02 Å². The Kier molecular flexibility index (Phi) is 5.88. The van der Waals surface area contributed by atoms with Gasteiger partial charge in [-0.2, -0.15) is 10.2 Å². The molecule has 0 saturated carbocycles. The summed E-state index contributed by atoms with van der Waals surface area (Å²) in [7, 11) is 0. The van der Waals surface area contributed by atoms with Crippen LogP contribution in [0.4, 0.5) is 0 Å². The lowest BCUT2D eigenvalue weighted by molar-refractivity contribution is 0.0949. The Bertz CT molecular complexity index is 964. The van der Waals surface area contributed by atoms with Crippen molar-refractivity contribution in [2.75, 3.05) is 6.61 Å². The molecule has 1 heterocycles. The number of hydrogen-bond donors (Lipinski definition) is 2. The predicted molar refractivity (Wildman–Crippen MR) is 106 cm³/mol.